The molecule has 0 saturated heterocycles. The standard InChI is InChI=1S/C12H8Cl2F2N2O/c13-9-10(14)17-7-18(11(9)19)6-12(15,16)8-4-2-1-3-5-8/h1-5,7H,6H2. The van der Waals surface area contributed by atoms with Gasteiger partial charge in [-0.1, -0.05) is 53.5 Å². The molecule has 0 saturated carbocycles. The number of rotatable bonds is 3. The number of hydrogen-bond donors (Lipinski definition) is 0. The molecule has 19 heavy (non-hydrogen) atoms. The summed E-state index contributed by atoms with van der Waals surface area (Å²) >= 11 is 11.1. The highest BCUT2D eigenvalue weighted by Gasteiger charge is 2.32. The Morgan fingerprint density at radius 1 is 1.21 bits per heavy atom. The first-order valence-corrected chi connectivity index (χ1v) is 6.01. The van der Waals surface area contributed by atoms with Crippen molar-refractivity contribution in [1.29, 1.82) is 0 Å². The summed E-state index contributed by atoms with van der Waals surface area (Å²) in [4.78, 5) is 15.3. The smallest absolute Gasteiger partial charge is 0.290 e. The number of nitrogens with zero attached hydrogens (tertiary/aromatic N) is 2. The molecule has 1 heterocycles. The van der Waals surface area contributed by atoms with E-state index in [1.807, 2.05) is 0 Å². The number of hydrogen-bond acceptors (Lipinski definition) is 2. The van der Waals surface area contributed by atoms with Gasteiger partial charge in [0.25, 0.3) is 11.5 Å². The second kappa shape index (κ2) is 5.27. The molecular formula is C12H8Cl2F2N2O. The van der Waals surface area contributed by atoms with E-state index in [4.69, 9.17) is 23.2 Å². The Labute approximate surface area is 117 Å². The largest absolute Gasteiger partial charge is 0.291 e. The minimum absolute atomic E-state index is 0.187. The lowest BCUT2D eigenvalue weighted by molar-refractivity contribution is -0.0234. The molecular weight excluding hydrogens is 297 g/mol. The maximum atomic E-state index is 14.0. The van der Waals surface area contributed by atoms with Crippen molar-refractivity contribution < 1.29 is 8.78 Å². The van der Waals surface area contributed by atoms with Gasteiger partial charge >= 0.3 is 0 Å². The monoisotopic (exact) mass is 304 g/mol. The predicted molar refractivity (Wildman–Crippen MR) is 68.9 cm³/mol. The Morgan fingerprint density at radius 2 is 1.84 bits per heavy atom. The number of halogens is 4. The third kappa shape index (κ3) is 2.93. The van der Waals surface area contributed by atoms with Gasteiger partial charge in [0.1, 0.15) is 5.02 Å². The lowest BCUT2D eigenvalue weighted by atomic mass is 10.1. The second-order valence-corrected chi connectivity index (χ2v) is 4.59. The maximum Gasteiger partial charge on any atom is 0.290 e. The molecule has 1 aromatic carbocycles. The van der Waals surface area contributed by atoms with Gasteiger partial charge in [-0.25, -0.2) is 4.98 Å². The van der Waals surface area contributed by atoms with Crippen LogP contribution in [0.1, 0.15) is 5.56 Å². The molecule has 0 atom stereocenters. The molecule has 0 aliphatic rings. The highest BCUT2D eigenvalue weighted by Crippen LogP contribution is 2.29. The molecule has 2 aromatic rings. The zero-order chi connectivity index (χ0) is 14.0. The Balaban J connectivity index is 2.36. The molecule has 0 fully saturated rings. The minimum Gasteiger partial charge on any atom is -0.291 e. The van der Waals surface area contributed by atoms with Crippen molar-refractivity contribution in [2.45, 2.75) is 12.5 Å². The molecule has 0 unspecified atom stereocenters. The highest BCUT2D eigenvalue weighted by atomic mass is 35.5. The molecule has 100 valence electrons. The van der Waals surface area contributed by atoms with Crippen molar-refractivity contribution in [1.82, 2.24) is 9.55 Å². The zero-order valence-electron chi connectivity index (χ0n) is 9.49. The van der Waals surface area contributed by atoms with Crippen molar-refractivity contribution in [2.24, 2.45) is 0 Å². The van der Waals surface area contributed by atoms with Gasteiger partial charge in [-0.2, -0.15) is 8.78 Å². The fraction of sp³-hybridized carbons (Fsp3) is 0.167. The van der Waals surface area contributed by atoms with Gasteiger partial charge in [0.2, 0.25) is 0 Å². The fourth-order valence-electron chi connectivity index (χ4n) is 1.54. The summed E-state index contributed by atoms with van der Waals surface area (Å²) in [6.07, 6.45) is 0.952. The Morgan fingerprint density at radius 3 is 2.47 bits per heavy atom. The van der Waals surface area contributed by atoms with Crippen molar-refractivity contribution in [3.63, 3.8) is 0 Å². The molecule has 7 heteroatoms. The van der Waals surface area contributed by atoms with Crippen LogP contribution in [0, 0.1) is 0 Å². The Hall–Kier alpha value is -1.46. The molecule has 0 aliphatic heterocycles. The summed E-state index contributed by atoms with van der Waals surface area (Å²) in [5.74, 6) is -3.20. The molecule has 0 aliphatic carbocycles. The summed E-state index contributed by atoms with van der Waals surface area (Å²) in [5.41, 5.74) is -0.981. The van der Waals surface area contributed by atoms with Gasteiger partial charge in [0.15, 0.2) is 5.15 Å². The van der Waals surface area contributed by atoms with Crippen LogP contribution in [0.4, 0.5) is 8.78 Å². The Kier molecular flexibility index (Phi) is 3.87. The van der Waals surface area contributed by atoms with E-state index >= 15 is 0 Å². The van der Waals surface area contributed by atoms with E-state index in [0.29, 0.717) is 0 Å². The van der Waals surface area contributed by atoms with Crippen LogP contribution in [-0.2, 0) is 12.5 Å². The fourth-order valence-corrected chi connectivity index (χ4v) is 1.83. The van der Waals surface area contributed by atoms with Gasteiger partial charge < -0.3 is 0 Å². The van der Waals surface area contributed by atoms with Crippen molar-refractivity contribution in [3.8, 4) is 0 Å². The molecule has 0 radical (unpaired) electrons. The molecule has 0 N–H and O–H groups in total. The Bertz CT molecular complexity index is 644. The third-order valence-corrected chi connectivity index (χ3v) is 3.23. The summed E-state index contributed by atoms with van der Waals surface area (Å²) in [6.45, 7) is -0.847. The zero-order valence-corrected chi connectivity index (χ0v) is 11.0. The second-order valence-electron chi connectivity index (χ2n) is 3.85. The predicted octanol–water partition coefficient (Wildman–Crippen LogP) is 3.34. The van der Waals surface area contributed by atoms with Gasteiger partial charge in [-0.3, -0.25) is 9.36 Å². The highest BCUT2D eigenvalue weighted by molar-refractivity contribution is 6.40. The van der Waals surface area contributed by atoms with Crippen LogP contribution in [-0.4, -0.2) is 9.55 Å². The lowest BCUT2D eigenvalue weighted by Crippen LogP contribution is -2.30. The summed E-state index contributed by atoms with van der Waals surface area (Å²) in [7, 11) is 0. The van der Waals surface area contributed by atoms with E-state index in [9.17, 15) is 13.6 Å². The topological polar surface area (TPSA) is 34.9 Å². The molecule has 0 amide bonds. The molecule has 2 rings (SSSR count). The van der Waals surface area contributed by atoms with Crippen LogP contribution in [0.2, 0.25) is 10.2 Å². The van der Waals surface area contributed by atoms with Gasteiger partial charge in [0, 0.05) is 5.56 Å². The van der Waals surface area contributed by atoms with Crippen LogP contribution in [0.15, 0.2) is 41.5 Å². The van der Waals surface area contributed by atoms with Crippen LogP contribution in [0.3, 0.4) is 0 Å². The van der Waals surface area contributed by atoms with Crippen molar-refractivity contribution >= 4 is 23.2 Å². The van der Waals surface area contributed by atoms with Gasteiger partial charge in [-0.15, -0.1) is 0 Å². The molecule has 3 nitrogen and oxygen atoms in total. The first kappa shape index (κ1) is 14.0. The van der Waals surface area contributed by atoms with Crippen LogP contribution >= 0.6 is 23.2 Å². The quantitative estimate of drug-likeness (QED) is 0.815. The van der Waals surface area contributed by atoms with Crippen LogP contribution in [0.5, 0.6) is 0 Å². The molecule has 0 spiro atoms. The molecule has 0 bridgehead atoms. The van der Waals surface area contributed by atoms with Gasteiger partial charge in [-0.05, 0) is 0 Å². The average Bonchev–Trinajstić information content (AvgIpc) is 2.40. The van der Waals surface area contributed by atoms with E-state index in [-0.39, 0.29) is 15.7 Å². The first-order chi connectivity index (χ1) is 8.92. The normalized spacial score (nSPS) is 11.6. The minimum atomic E-state index is -3.20. The van der Waals surface area contributed by atoms with E-state index in [1.165, 1.54) is 24.3 Å². The van der Waals surface area contributed by atoms with E-state index in [1.54, 1.807) is 6.07 Å². The number of alkyl halides is 2. The van der Waals surface area contributed by atoms with Crippen molar-refractivity contribution in [2.75, 3.05) is 0 Å². The maximum absolute atomic E-state index is 14.0. The summed E-state index contributed by atoms with van der Waals surface area (Å²) in [5, 5.41) is -0.570. The lowest BCUT2D eigenvalue weighted by Gasteiger charge is -2.17. The van der Waals surface area contributed by atoms with E-state index in [2.05, 4.69) is 4.98 Å². The van der Waals surface area contributed by atoms with E-state index < -0.39 is 18.0 Å². The SMILES string of the molecule is O=c1c(Cl)c(Cl)ncn1CC(F)(F)c1ccccc1. The number of benzene rings is 1. The molecule has 1 aromatic heterocycles. The van der Waals surface area contributed by atoms with E-state index in [0.717, 1.165) is 10.9 Å². The van der Waals surface area contributed by atoms with Crippen LogP contribution < -0.4 is 5.56 Å². The third-order valence-electron chi connectivity index (χ3n) is 2.51. The number of aromatic nitrogens is 2. The first-order valence-electron chi connectivity index (χ1n) is 5.25. The summed E-state index contributed by atoms with van der Waals surface area (Å²) < 4.78 is 28.7. The van der Waals surface area contributed by atoms with Crippen LogP contribution in [0.25, 0.3) is 0 Å². The average molecular weight is 305 g/mol. The van der Waals surface area contributed by atoms with Crippen molar-refractivity contribution in [3.05, 3.63) is 62.8 Å². The summed E-state index contributed by atoms with van der Waals surface area (Å²) in [6, 6.07) is 7.21. The van der Waals surface area contributed by atoms with Gasteiger partial charge in [0.05, 0.1) is 12.9 Å².